The van der Waals surface area contributed by atoms with Crippen molar-refractivity contribution in [3.63, 3.8) is 0 Å². The molecule has 8 nitrogen and oxygen atoms in total. The van der Waals surface area contributed by atoms with E-state index in [-0.39, 0.29) is 35.5 Å². The van der Waals surface area contributed by atoms with Gasteiger partial charge in [-0.3, -0.25) is 4.79 Å². The van der Waals surface area contributed by atoms with Gasteiger partial charge in [-0.2, -0.15) is 0 Å². The maximum Gasteiger partial charge on any atom is 0.409 e. The van der Waals surface area contributed by atoms with Crippen LogP contribution in [0.1, 0.15) is 30.3 Å². The van der Waals surface area contributed by atoms with E-state index in [4.69, 9.17) is 4.74 Å². The van der Waals surface area contributed by atoms with Crippen molar-refractivity contribution in [2.75, 3.05) is 25.0 Å². The molecular weight excluding hydrogens is 365 g/mol. The lowest BCUT2D eigenvalue weighted by Gasteiger charge is -2.31. The number of anilines is 2. The van der Waals surface area contributed by atoms with Crippen molar-refractivity contribution in [2.45, 2.75) is 25.8 Å². The number of hydrogen-bond acceptors (Lipinski definition) is 6. The lowest BCUT2D eigenvalue weighted by molar-refractivity contribution is 0.0856. The van der Waals surface area contributed by atoms with E-state index in [1.165, 1.54) is 24.4 Å². The molecule has 2 aromatic rings. The molecule has 1 fully saturated rings. The third kappa shape index (κ3) is 5.15. The second-order valence-corrected chi connectivity index (χ2v) is 6.33. The number of carbonyl (C=O) groups is 2. The number of amides is 2. The van der Waals surface area contributed by atoms with Crippen molar-refractivity contribution in [1.82, 2.24) is 20.2 Å². The van der Waals surface area contributed by atoms with E-state index in [9.17, 15) is 14.0 Å². The van der Waals surface area contributed by atoms with Crippen LogP contribution in [0.5, 0.6) is 0 Å². The zero-order valence-electron chi connectivity index (χ0n) is 15.5. The number of rotatable bonds is 5. The molecule has 1 aromatic heterocycles. The van der Waals surface area contributed by atoms with Crippen LogP contribution in [0.4, 0.5) is 20.8 Å². The predicted octanol–water partition coefficient (Wildman–Crippen LogP) is 2.71. The fourth-order valence-electron chi connectivity index (χ4n) is 2.89. The average Bonchev–Trinajstić information content (AvgIpc) is 2.71. The van der Waals surface area contributed by atoms with E-state index in [2.05, 4.69) is 20.6 Å². The Balaban J connectivity index is 1.55. The van der Waals surface area contributed by atoms with Gasteiger partial charge in [0.1, 0.15) is 11.5 Å². The number of carbonyl (C=O) groups excluding carboxylic acids is 2. The highest BCUT2D eigenvalue weighted by atomic mass is 19.1. The fraction of sp³-hybridized carbons (Fsp3) is 0.368. The Morgan fingerprint density at radius 2 is 1.93 bits per heavy atom. The number of nitrogens with one attached hydrogen (secondary N) is 2. The molecule has 1 aromatic carbocycles. The smallest absolute Gasteiger partial charge is 0.409 e. The minimum atomic E-state index is -0.339. The van der Waals surface area contributed by atoms with Gasteiger partial charge in [-0.15, -0.1) is 0 Å². The molecule has 1 saturated heterocycles. The SMILES string of the molecule is CCOC(=O)N1CCC(NC(=O)c2ccnc(Nc3ccc(F)cc3)n2)CC1. The first-order chi connectivity index (χ1) is 13.5. The monoisotopic (exact) mass is 387 g/mol. The number of hydrogen-bond donors (Lipinski definition) is 2. The summed E-state index contributed by atoms with van der Waals surface area (Å²) in [5.41, 5.74) is 0.845. The van der Waals surface area contributed by atoms with Crippen molar-refractivity contribution in [1.29, 1.82) is 0 Å². The zero-order chi connectivity index (χ0) is 19.9. The first-order valence-electron chi connectivity index (χ1n) is 9.13. The van der Waals surface area contributed by atoms with Gasteiger partial charge in [-0.25, -0.2) is 19.2 Å². The molecule has 1 aliphatic heterocycles. The Labute approximate surface area is 162 Å². The number of likely N-dealkylation sites (tertiary alicyclic amines) is 1. The Morgan fingerprint density at radius 1 is 1.21 bits per heavy atom. The summed E-state index contributed by atoms with van der Waals surface area (Å²) in [5.74, 6) is -0.399. The third-order valence-corrected chi connectivity index (χ3v) is 4.34. The lowest BCUT2D eigenvalue weighted by atomic mass is 10.1. The van der Waals surface area contributed by atoms with Crippen LogP contribution in [0.15, 0.2) is 36.5 Å². The van der Waals surface area contributed by atoms with Gasteiger partial charge in [0, 0.05) is 31.0 Å². The topological polar surface area (TPSA) is 96.5 Å². The molecular formula is C19H22FN5O3. The van der Waals surface area contributed by atoms with Crippen LogP contribution in [-0.2, 0) is 4.74 Å². The maximum atomic E-state index is 13.0. The molecule has 2 heterocycles. The molecule has 2 amide bonds. The Kier molecular flexibility index (Phi) is 6.36. The second kappa shape index (κ2) is 9.12. The molecule has 0 unspecified atom stereocenters. The van der Waals surface area contributed by atoms with Crippen LogP contribution in [0, 0.1) is 5.82 Å². The maximum absolute atomic E-state index is 13.0. The summed E-state index contributed by atoms with van der Waals surface area (Å²) in [4.78, 5) is 34.2. The quantitative estimate of drug-likeness (QED) is 0.819. The van der Waals surface area contributed by atoms with E-state index >= 15 is 0 Å². The van der Waals surface area contributed by atoms with Crippen LogP contribution in [0.25, 0.3) is 0 Å². The molecule has 0 atom stereocenters. The summed E-state index contributed by atoms with van der Waals surface area (Å²) >= 11 is 0. The van der Waals surface area contributed by atoms with Crippen molar-refractivity contribution < 1.29 is 18.7 Å². The van der Waals surface area contributed by atoms with Crippen LogP contribution < -0.4 is 10.6 Å². The summed E-state index contributed by atoms with van der Waals surface area (Å²) in [5, 5.41) is 5.87. The van der Waals surface area contributed by atoms with E-state index in [0.29, 0.717) is 38.2 Å². The third-order valence-electron chi connectivity index (χ3n) is 4.34. The van der Waals surface area contributed by atoms with Crippen molar-refractivity contribution >= 4 is 23.6 Å². The summed E-state index contributed by atoms with van der Waals surface area (Å²) in [6, 6.07) is 7.25. The van der Waals surface area contributed by atoms with E-state index in [1.807, 2.05) is 0 Å². The van der Waals surface area contributed by atoms with Crippen LogP contribution in [-0.4, -0.2) is 52.6 Å². The van der Waals surface area contributed by atoms with Gasteiger partial charge in [0.25, 0.3) is 5.91 Å². The first kappa shape index (κ1) is 19.5. The number of piperidine rings is 1. The van der Waals surface area contributed by atoms with Crippen molar-refractivity contribution in [3.8, 4) is 0 Å². The molecule has 0 aliphatic carbocycles. The Morgan fingerprint density at radius 3 is 2.61 bits per heavy atom. The summed E-state index contributed by atoms with van der Waals surface area (Å²) in [6.07, 6.45) is 2.46. The van der Waals surface area contributed by atoms with Gasteiger partial charge < -0.3 is 20.3 Å². The predicted molar refractivity (Wildman–Crippen MR) is 101 cm³/mol. The molecule has 0 spiro atoms. The van der Waals surface area contributed by atoms with Gasteiger partial charge >= 0.3 is 6.09 Å². The highest BCUT2D eigenvalue weighted by Gasteiger charge is 2.25. The highest BCUT2D eigenvalue weighted by molar-refractivity contribution is 5.92. The van der Waals surface area contributed by atoms with Crippen LogP contribution in [0.3, 0.4) is 0 Å². The van der Waals surface area contributed by atoms with Crippen molar-refractivity contribution in [3.05, 3.63) is 48.0 Å². The first-order valence-corrected chi connectivity index (χ1v) is 9.13. The fourth-order valence-corrected chi connectivity index (χ4v) is 2.89. The minimum Gasteiger partial charge on any atom is -0.450 e. The normalized spacial score (nSPS) is 14.4. The van der Waals surface area contributed by atoms with E-state index in [1.54, 1.807) is 24.0 Å². The highest BCUT2D eigenvalue weighted by Crippen LogP contribution is 2.15. The molecule has 0 saturated carbocycles. The van der Waals surface area contributed by atoms with Crippen LogP contribution >= 0.6 is 0 Å². The molecule has 3 rings (SSSR count). The number of ether oxygens (including phenoxy) is 1. The number of aromatic nitrogens is 2. The van der Waals surface area contributed by atoms with Crippen molar-refractivity contribution in [2.24, 2.45) is 0 Å². The zero-order valence-corrected chi connectivity index (χ0v) is 15.5. The van der Waals surface area contributed by atoms with Gasteiger partial charge in [0.05, 0.1) is 6.61 Å². The molecule has 28 heavy (non-hydrogen) atoms. The number of nitrogens with zero attached hydrogens (tertiary/aromatic N) is 3. The molecule has 9 heteroatoms. The van der Waals surface area contributed by atoms with Gasteiger partial charge in [-0.1, -0.05) is 0 Å². The molecule has 0 bridgehead atoms. The standard InChI is InChI=1S/C19H22FN5O3/c1-2-28-19(27)25-11-8-15(9-12-25)22-17(26)16-7-10-21-18(24-16)23-14-5-3-13(20)4-6-14/h3-7,10,15H,2,8-9,11-12H2,1H3,(H,22,26)(H,21,23,24). The average molecular weight is 387 g/mol. The van der Waals surface area contributed by atoms with Crippen LogP contribution in [0.2, 0.25) is 0 Å². The Bertz CT molecular complexity index is 823. The second-order valence-electron chi connectivity index (χ2n) is 6.33. The summed E-state index contributed by atoms with van der Waals surface area (Å²) in [7, 11) is 0. The van der Waals surface area contributed by atoms with E-state index < -0.39 is 0 Å². The largest absolute Gasteiger partial charge is 0.450 e. The van der Waals surface area contributed by atoms with Gasteiger partial charge in [0.2, 0.25) is 5.95 Å². The van der Waals surface area contributed by atoms with Gasteiger partial charge in [-0.05, 0) is 50.1 Å². The molecule has 1 aliphatic rings. The Hall–Kier alpha value is -3.23. The summed E-state index contributed by atoms with van der Waals surface area (Å²) < 4.78 is 18.0. The minimum absolute atomic E-state index is 0.0401. The number of halogens is 1. The molecule has 148 valence electrons. The summed E-state index contributed by atoms with van der Waals surface area (Å²) in [6.45, 7) is 3.18. The molecule has 2 N–H and O–H groups in total. The van der Waals surface area contributed by atoms with Gasteiger partial charge in [0.15, 0.2) is 0 Å². The lowest BCUT2D eigenvalue weighted by Crippen LogP contribution is -2.46. The molecule has 0 radical (unpaired) electrons. The number of benzene rings is 1. The van der Waals surface area contributed by atoms with E-state index in [0.717, 1.165) is 0 Å².